The third kappa shape index (κ3) is 3.94. The van der Waals surface area contributed by atoms with Crippen LogP contribution in [0.25, 0.3) is 0 Å². The zero-order valence-corrected chi connectivity index (χ0v) is 10.7. The molecule has 0 unspecified atom stereocenters. The number of nitrogens with one attached hydrogen (secondary N) is 2. The van der Waals surface area contributed by atoms with E-state index in [4.69, 9.17) is 4.74 Å². The molecule has 0 spiro atoms. The number of carbonyl (C=O) groups excluding carboxylic acids is 1. The summed E-state index contributed by atoms with van der Waals surface area (Å²) in [5.74, 6) is -4.79. The minimum absolute atomic E-state index is 0.00342. The Hall–Kier alpha value is -1.60. The lowest BCUT2D eigenvalue weighted by atomic mass is 10.1. The average Bonchev–Trinajstić information content (AvgIpc) is 2.43. The summed E-state index contributed by atoms with van der Waals surface area (Å²) >= 11 is 0. The van der Waals surface area contributed by atoms with E-state index in [1.54, 1.807) is 0 Å². The number of anilines is 1. The first kappa shape index (κ1) is 14.8. The summed E-state index contributed by atoms with van der Waals surface area (Å²) < 4.78 is 44.1. The van der Waals surface area contributed by atoms with Crippen molar-refractivity contribution in [3.05, 3.63) is 29.6 Å². The summed E-state index contributed by atoms with van der Waals surface area (Å²) in [6.45, 7) is 1.46. The van der Waals surface area contributed by atoms with Crippen LogP contribution in [0.5, 0.6) is 0 Å². The van der Waals surface area contributed by atoms with Crippen LogP contribution in [0.2, 0.25) is 0 Å². The number of piperidine rings is 1. The fraction of sp³-hybridized carbons (Fsp3) is 0.462. The van der Waals surface area contributed by atoms with Crippen molar-refractivity contribution >= 4 is 11.6 Å². The number of halogens is 3. The van der Waals surface area contributed by atoms with Gasteiger partial charge in [0, 0.05) is 17.8 Å². The summed E-state index contributed by atoms with van der Waals surface area (Å²) in [7, 11) is 0. The molecular weight excluding hydrogens is 273 g/mol. The van der Waals surface area contributed by atoms with E-state index >= 15 is 0 Å². The molecule has 20 heavy (non-hydrogen) atoms. The van der Waals surface area contributed by atoms with Crippen molar-refractivity contribution < 1.29 is 22.7 Å². The summed E-state index contributed by atoms with van der Waals surface area (Å²) in [6, 6.07) is 1.45. The van der Waals surface area contributed by atoms with Gasteiger partial charge in [-0.25, -0.2) is 13.2 Å². The zero-order chi connectivity index (χ0) is 14.5. The maximum Gasteiger partial charge on any atom is 0.250 e. The first-order valence-electron chi connectivity index (χ1n) is 6.33. The van der Waals surface area contributed by atoms with Gasteiger partial charge in [0.1, 0.15) is 6.61 Å². The van der Waals surface area contributed by atoms with Gasteiger partial charge in [-0.05, 0) is 25.9 Å². The van der Waals surface area contributed by atoms with E-state index < -0.39 is 23.4 Å². The summed E-state index contributed by atoms with van der Waals surface area (Å²) in [5, 5.41) is 5.42. The van der Waals surface area contributed by atoms with E-state index in [1.165, 1.54) is 0 Å². The van der Waals surface area contributed by atoms with E-state index in [0.29, 0.717) is 0 Å². The third-order valence-corrected chi connectivity index (χ3v) is 3.00. The molecule has 1 fully saturated rings. The molecule has 0 radical (unpaired) electrons. The Labute approximate surface area is 114 Å². The lowest BCUT2D eigenvalue weighted by molar-refractivity contribution is -0.123. The zero-order valence-electron chi connectivity index (χ0n) is 10.7. The first-order valence-corrected chi connectivity index (χ1v) is 6.33. The number of amides is 1. The predicted molar refractivity (Wildman–Crippen MR) is 66.8 cm³/mol. The molecular formula is C13H15F3N2O2. The van der Waals surface area contributed by atoms with Crippen molar-refractivity contribution in [2.45, 2.75) is 18.9 Å². The highest BCUT2D eigenvalue weighted by molar-refractivity contribution is 5.91. The van der Waals surface area contributed by atoms with Gasteiger partial charge >= 0.3 is 0 Å². The molecule has 0 atom stereocenters. The van der Waals surface area contributed by atoms with Gasteiger partial charge in [-0.2, -0.15) is 0 Å². The summed E-state index contributed by atoms with van der Waals surface area (Å²) in [5.41, 5.74) is -0.139. The van der Waals surface area contributed by atoms with Gasteiger partial charge in [0.2, 0.25) is 5.91 Å². The maximum absolute atomic E-state index is 13.0. The number of hydrogen-bond donors (Lipinski definition) is 2. The van der Waals surface area contributed by atoms with Crippen LogP contribution in [-0.4, -0.2) is 31.7 Å². The fourth-order valence-electron chi connectivity index (χ4n) is 1.98. The minimum atomic E-state index is -1.56. The third-order valence-electron chi connectivity index (χ3n) is 3.00. The molecule has 1 amide bonds. The Morgan fingerprint density at radius 2 is 1.85 bits per heavy atom. The van der Waals surface area contributed by atoms with Crippen LogP contribution < -0.4 is 10.6 Å². The minimum Gasteiger partial charge on any atom is -0.368 e. The van der Waals surface area contributed by atoms with Crippen LogP contribution in [0.1, 0.15) is 12.8 Å². The van der Waals surface area contributed by atoms with Crippen molar-refractivity contribution in [3.63, 3.8) is 0 Å². The Bertz CT molecular complexity index is 467. The van der Waals surface area contributed by atoms with Gasteiger partial charge in [0.15, 0.2) is 17.5 Å². The van der Waals surface area contributed by atoms with Gasteiger partial charge in [-0.1, -0.05) is 0 Å². The van der Waals surface area contributed by atoms with E-state index in [9.17, 15) is 18.0 Å². The van der Waals surface area contributed by atoms with Crippen LogP contribution >= 0.6 is 0 Å². The molecule has 1 saturated heterocycles. The molecule has 0 saturated carbocycles. The number of rotatable bonds is 4. The fourth-order valence-corrected chi connectivity index (χ4v) is 1.98. The molecule has 0 aromatic heterocycles. The Kier molecular flexibility index (Phi) is 4.97. The van der Waals surface area contributed by atoms with E-state index in [-0.39, 0.29) is 18.4 Å². The van der Waals surface area contributed by atoms with Crippen molar-refractivity contribution in [1.82, 2.24) is 5.32 Å². The normalized spacial score (nSPS) is 16.1. The van der Waals surface area contributed by atoms with Crippen LogP contribution in [0.4, 0.5) is 18.9 Å². The second-order valence-corrected chi connectivity index (χ2v) is 4.56. The van der Waals surface area contributed by atoms with Gasteiger partial charge in [-0.3, -0.25) is 4.79 Å². The molecule has 0 bridgehead atoms. The molecule has 1 aromatic carbocycles. The molecule has 1 heterocycles. The van der Waals surface area contributed by atoms with Crippen molar-refractivity contribution in [2.75, 3.05) is 25.0 Å². The molecule has 1 aliphatic heterocycles. The predicted octanol–water partition coefficient (Wildman–Crippen LogP) is 1.81. The number of hydrogen-bond acceptors (Lipinski definition) is 3. The van der Waals surface area contributed by atoms with E-state index in [1.807, 2.05) is 0 Å². The van der Waals surface area contributed by atoms with Crippen LogP contribution in [0, 0.1) is 17.5 Å². The first-order chi connectivity index (χ1) is 9.56. The van der Waals surface area contributed by atoms with Crippen LogP contribution in [0.3, 0.4) is 0 Å². The smallest absolute Gasteiger partial charge is 0.250 e. The van der Waals surface area contributed by atoms with Crippen molar-refractivity contribution in [3.8, 4) is 0 Å². The SMILES string of the molecule is O=C(COC1CCNCC1)Nc1cc(F)c(F)c(F)c1. The lowest BCUT2D eigenvalue weighted by Crippen LogP contribution is -2.34. The Morgan fingerprint density at radius 3 is 2.45 bits per heavy atom. The van der Waals surface area contributed by atoms with E-state index in [2.05, 4.69) is 10.6 Å². The van der Waals surface area contributed by atoms with Crippen LogP contribution in [0.15, 0.2) is 12.1 Å². The second-order valence-electron chi connectivity index (χ2n) is 4.56. The summed E-state index contributed by atoms with van der Waals surface area (Å²) in [6.07, 6.45) is 1.63. The number of ether oxygens (including phenoxy) is 1. The molecule has 0 aliphatic carbocycles. The molecule has 7 heteroatoms. The van der Waals surface area contributed by atoms with Crippen molar-refractivity contribution in [2.24, 2.45) is 0 Å². The van der Waals surface area contributed by atoms with E-state index in [0.717, 1.165) is 38.1 Å². The molecule has 110 valence electrons. The van der Waals surface area contributed by atoms with Gasteiger partial charge in [0.25, 0.3) is 0 Å². The monoisotopic (exact) mass is 288 g/mol. The highest BCUT2D eigenvalue weighted by atomic mass is 19.2. The Balaban J connectivity index is 1.84. The summed E-state index contributed by atoms with van der Waals surface area (Å²) in [4.78, 5) is 11.6. The maximum atomic E-state index is 13.0. The average molecular weight is 288 g/mol. The van der Waals surface area contributed by atoms with Gasteiger partial charge in [-0.15, -0.1) is 0 Å². The second kappa shape index (κ2) is 6.71. The standard InChI is InChI=1S/C13H15F3N2O2/c14-10-5-8(6-11(15)13(10)16)18-12(19)7-20-9-1-3-17-4-2-9/h5-6,9,17H,1-4,7H2,(H,18,19). The topological polar surface area (TPSA) is 50.4 Å². The van der Waals surface area contributed by atoms with Gasteiger partial charge in [0.05, 0.1) is 6.10 Å². The molecule has 2 N–H and O–H groups in total. The molecule has 4 nitrogen and oxygen atoms in total. The van der Waals surface area contributed by atoms with Crippen molar-refractivity contribution in [1.29, 1.82) is 0 Å². The lowest BCUT2D eigenvalue weighted by Gasteiger charge is -2.22. The largest absolute Gasteiger partial charge is 0.368 e. The number of carbonyl (C=O) groups is 1. The molecule has 1 aromatic rings. The van der Waals surface area contributed by atoms with Gasteiger partial charge < -0.3 is 15.4 Å². The molecule has 2 rings (SSSR count). The highest BCUT2D eigenvalue weighted by Gasteiger charge is 2.16. The highest BCUT2D eigenvalue weighted by Crippen LogP contribution is 2.17. The quantitative estimate of drug-likeness (QED) is 0.831. The molecule has 1 aliphatic rings. The van der Waals surface area contributed by atoms with Crippen LogP contribution in [-0.2, 0) is 9.53 Å². The number of benzene rings is 1. The Morgan fingerprint density at radius 1 is 1.25 bits per heavy atom.